The minimum absolute atomic E-state index is 0.0937. The van der Waals surface area contributed by atoms with Crippen molar-refractivity contribution < 1.29 is 4.79 Å². The maximum atomic E-state index is 12.8. The van der Waals surface area contributed by atoms with Crippen LogP contribution in [-0.4, -0.2) is 45.8 Å². The number of hydrogen-bond acceptors (Lipinski definition) is 3. The second kappa shape index (κ2) is 6.39. The minimum Gasteiger partial charge on any atom is -0.333 e. The SMILES string of the molecule is CCn1nc(C)cc1C(=O)N(CC1CCCN1)C(C)C. The number of nitrogens with zero attached hydrogens (tertiary/aromatic N) is 3. The van der Waals surface area contributed by atoms with E-state index in [-0.39, 0.29) is 11.9 Å². The molecule has 1 saturated heterocycles. The summed E-state index contributed by atoms with van der Waals surface area (Å²) < 4.78 is 1.80. The summed E-state index contributed by atoms with van der Waals surface area (Å²) in [5.74, 6) is 0.0937. The first kappa shape index (κ1) is 15.0. The second-order valence-corrected chi connectivity index (χ2v) is 5.83. The molecule has 2 rings (SSSR count). The summed E-state index contributed by atoms with van der Waals surface area (Å²) in [6.45, 7) is 10.7. The molecule has 1 fully saturated rings. The third-order valence-corrected chi connectivity index (χ3v) is 3.88. The topological polar surface area (TPSA) is 50.2 Å². The van der Waals surface area contributed by atoms with Gasteiger partial charge >= 0.3 is 0 Å². The van der Waals surface area contributed by atoms with Gasteiger partial charge in [-0.1, -0.05) is 0 Å². The normalized spacial score (nSPS) is 18.8. The number of aromatic nitrogens is 2. The Labute approximate surface area is 121 Å². The first-order chi connectivity index (χ1) is 9.52. The first-order valence-electron chi connectivity index (χ1n) is 7.61. The molecule has 0 aliphatic carbocycles. The van der Waals surface area contributed by atoms with Gasteiger partial charge in [-0.15, -0.1) is 0 Å². The van der Waals surface area contributed by atoms with E-state index >= 15 is 0 Å². The fourth-order valence-corrected chi connectivity index (χ4v) is 2.78. The van der Waals surface area contributed by atoms with Crippen molar-refractivity contribution in [2.45, 2.75) is 59.2 Å². The highest BCUT2D eigenvalue weighted by atomic mass is 16.2. The third-order valence-electron chi connectivity index (χ3n) is 3.88. The van der Waals surface area contributed by atoms with E-state index in [0.29, 0.717) is 11.7 Å². The average Bonchev–Trinajstić information content (AvgIpc) is 3.03. The molecule has 0 saturated carbocycles. The van der Waals surface area contributed by atoms with Gasteiger partial charge in [0.25, 0.3) is 5.91 Å². The molecule has 5 nitrogen and oxygen atoms in total. The van der Waals surface area contributed by atoms with E-state index in [1.54, 1.807) is 4.68 Å². The Hall–Kier alpha value is -1.36. The van der Waals surface area contributed by atoms with E-state index in [1.807, 2.05) is 24.8 Å². The predicted octanol–water partition coefficient (Wildman–Crippen LogP) is 1.81. The Kier molecular flexibility index (Phi) is 4.81. The van der Waals surface area contributed by atoms with Gasteiger partial charge in [-0.25, -0.2) is 0 Å². The number of carbonyl (C=O) groups is 1. The fraction of sp³-hybridized carbons (Fsp3) is 0.733. The number of aryl methyl sites for hydroxylation is 2. The largest absolute Gasteiger partial charge is 0.333 e. The lowest BCUT2D eigenvalue weighted by atomic mass is 10.1. The van der Waals surface area contributed by atoms with Crippen molar-refractivity contribution in [1.29, 1.82) is 0 Å². The molecule has 1 aromatic heterocycles. The summed E-state index contributed by atoms with van der Waals surface area (Å²) in [5.41, 5.74) is 1.61. The van der Waals surface area contributed by atoms with E-state index in [2.05, 4.69) is 24.3 Å². The Morgan fingerprint density at radius 1 is 1.60 bits per heavy atom. The maximum Gasteiger partial charge on any atom is 0.272 e. The molecule has 0 spiro atoms. The maximum absolute atomic E-state index is 12.8. The second-order valence-electron chi connectivity index (χ2n) is 5.83. The molecule has 0 radical (unpaired) electrons. The van der Waals surface area contributed by atoms with Gasteiger partial charge in [0.05, 0.1) is 5.69 Å². The third kappa shape index (κ3) is 3.20. The highest BCUT2D eigenvalue weighted by molar-refractivity contribution is 5.93. The van der Waals surface area contributed by atoms with Crippen LogP contribution in [0.1, 0.15) is 49.8 Å². The minimum atomic E-state index is 0.0937. The Balaban J connectivity index is 2.17. The highest BCUT2D eigenvalue weighted by Crippen LogP contribution is 2.14. The Bertz CT molecular complexity index is 460. The zero-order chi connectivity index (χ0) is 14.7. The van der Waals surface area contributed by atoms with Crippen LogP contribution in [0.5, 0.6) is 0 Å². The van der Waals surface area contributed by atoms with Crippen molar-refractivity contribution in [3.05, 3.63) is 17.5 Å². The van der Waals surface area contributed by atoms with Crippen LogP contribution in [-0.2, 0) is 6.54 Å². The number of nitrogens with one attached hydrogen (secondary N) is 1. The average molecular weight is 278 g/mol. The molecule has 1 amide bonds. The van der Waals surface area contributed by atoms with E-state index < -0.39 is 0 Å². The lowest BCUT2D eigenvalue weighted by Gasteiger charge is -2.29. The molecule has 1 unspecified atom stereocenters. The lowest BCUT2D eigenvalue weighted by molar-refractivity contribution is 0.0676. The summed E-state index contributed by atoms with van der Waals surface area (Å²) in [7, 11) is 0. The lowest BCUT2D eigenvalue weighted by Crippen LogP contribution is -2.45. The summed E-state index contributed by atoms with van der Waals surface area (Å²) in [5, 5.41) is 7.84. The van der Waals surface area contributed by atoms with Crippen molar-refractivity contribution in [2.24, 2.45) is 0 Å². The number of carbonyl (C=O) groups excluding carboxylic acids is 1. The van der Waals surface area contributed by atoms with Crippen molar-refractivity contribution in [2.75, 3.05) is 13.1 Å². The summed E-state index contributed by atoms with van der Waals surface area (Å²) in [4.78, 5) is 14.8. The van der Waals surface area contributed by atoms with Gasteiger partial charge < -0.3 is 10.2 Å². The number of amides is 1. The molecule has 2 heterocycles. The van der Waals surface area contributed by atoms with Gasteiger partial charge in [-0.3, -0.25) is 9.48 Å². The molecule has 0 aromatic carbocycles. The highest BCUT2D eigenvalue weighted by Gasteiger charge is 2.26. The van der Waals surface area contributed by atoms with E-state index in [9.17, 15) is 4.79 Å². The van der Waals surface area contributed by atoms with Crippen molar-refractivity contribution >= 4 is 5.91 Å². The molecular weight excluding hydrogens is 252 g/mol. The van der Waals surface area contributed by atoms with Crippen molar-refractivity contribution in [3.63, 3.8) is 0 Å². The summed E-state index contributed by atoms with van der Waals surface area (Å²) in [6, 6.07) is 2.52. The Morgan fingerprint density at radius 3 is 2.90 bits per heavy atom. The van der Waals surface area contributed by atoms with Crippen molar-refractivity contribution in [3.8, 4) is 0 Å². The monoisotopic (exact) mass is 278 g/mol. The molecule has 112 valence electrons. The molecule has 20 heavy (non-hydrogen) atoms. The van der Waals surface area contributed by atoms with Gasteiger partial charge in [-0.05, 0) is 53.1 Å². The van der Waals surface area contributed by atoms with Crippen LogP contribution in [0, 0.1) is 6.92 Å². The molecule has 0 bridgehead atoms. The quantitative estimate of drug-likeness (QED) is 0.893. The summed E-state index contributed by atoms with van der Waals surface area (Å²) >= 11 is 0. The Morgan fingerprint density at radius 2 is 2.35 bits per heavy atom. The van der Waals surface area contributed by atoms with Gasteiger partial charge in [0.1, 0.15) is 5.69 Å². The standard InChI is InChI=1S/C15H26N4O/c1-5-19-14(9-12(4)17-19)15(20)18(11(2)3)10-13-7-6-8-16-13/h9,11,13,16H,5-8,10H2,1-4H3. The van der Waals surface area contributed by atoms with E-state index in [0.717, 1.165) is 31.7 Å². The van der Waals surface area contributed by atoms with Crippen LogP contribution < -0.4 is 5.32 Å². The summed E-state index contributed by atoms with van der Waals surface area (Å²) in [6.07, 6.45) is 2.36. The zero-order valence-corrected chi connectivity index (χ0v) is 13.0. The molecule has 1 N–H and O–H groups in total. The van der Waals surface area contributed by atoms with Crippen LogP contribution in [0.3, 0.4) is 0 Å². The molecule has 1 atom stereocenters. The molecule has 1 aliphatic heterocycles. The van der Waals surface area contributed by atoms with E-state index in [4.69, 9.17) is 0 Å². The van der Waals surface area contributed by atoms with Crippen molar-refractivity contribution in [1.82, 2.24) is 20.0 Å². The predicted molar refractivity (Wildman–Crippen MR) is 79.8 cm³/mol. The molecule has 1 aromatic rings. The van der Waals surface area contributed by atoms with Crippen LogP contribution in [0.15, 0.2) is 6.07 Å². The van der Waals surface area contributed by atoms with Gasteiger partial charge in [0.2, 0.25) is 0 Å². The van der Waals surface area contributed by atoms with Crippen LogP contribution in [0.4, 0.5) is 0 Å². The smallest absolute Gasteiger partial charge is 0.272 e. The van der Waals surface area contributed by atoms with Crippen LogP contribution >= 0.6 is 0 Å². The van der Waals surface area contributed by atoms with Crippen LogP contribution in [0.2, 0.25) is 0 Å². The molecule has 5 heteroatoms. The van der Waals surface area contributed by atoms with Gasteiger partial charge in [0.15, 0.2) is 0 Å². The van der Waals surface area contributed by atoms with E-state index in [1.165, 1.54) is 6.42 Å². The fourth-order valence-electron chi connectivity index (χ4n) is 2.78. The first-order valence-corrected chi connectivity index (χ1v) is 7.61. The van der Waals surface area contributed by atoms with Gasteiger partial charge in [-0.2, -0.15) is 5.10 Å². The molecular formula is C15H26N4O. The zero-order valence-electron chi connectivity index (χ0n) is 13.0. The van der Waals surface area contributed by atoms with Gasteiger partial charge in [0, 0.05) is 25.2 Å². The molecule has 1 aliphatic rings. The number of rotatable bonds is 5. The number of hydrogen-bond donors (Lipinski definition) is 1. The van der Waals surface area contributed by atoms with Crippen LogP contribution in [0.25, 0.3) is 0 Å².